The Balaban J connectivity index is 2.75. The topological polar surface area (TPSA) is 66.5 Å². The molecule has 3 heteroatoms. The average Bonchev–Trinajstić information content (AvgIpc) is 2.27. The molecule has 0 radical (unpaired) electrons. The predicted octanol–water partition coefficient (Wildman–Crippen LogP) is 0.602. The van der Waals surface area contributed by atoms with E-state index in [-0.39, 0.29) is 6.61 Å². The number of aliphatic hydroxyl groups excluding tert-OH is 2. The van der Waals surface area contributed by atoms with Crippen LogP contribution in [0, 0.1) is 0 Å². The summed E-state index contributed by atoms with van der Waals surface area (Å²) in [4.78, 5) is 0. The summed E-state index contributed by atoms with van der Waals surface area (Å²) in [6, 6.07) is 7.01. The van der Waals surface area contributed by atoms with Gasteiger partial charge in [-0.15, -0.1) is 0 Å². The third-order valence-electron chi connectivity index (χ3n) is 2.35. The van der Waals surface area contributed by atoms with Crippen LogP contribution in [0.5, 0.6) is 0 Å². The molecule has 0 aromatic heterocycles. The number of aryl methyl sites for hydroxylation is 1. The average molecular weight is 195 g/mol. The van der Waals surface area contributed by atoms with Crippen molar-refractivity contribution in [3.05, 3.63) is 35.4 Å². The van der Waals surface area contributed by atoms with Crippen molar-refractivity contribution in [2.24, 2.45) is 5.73 Å². The second-order valence-corrected chi connectivity index (χ2v) is 3.39. The van der Waals surface area contributed by atoms with Gasteiger partial charge in [-0.3, -0.25) is 0 Å². The Morgan fingerprint density at radius 2 is 1.86 bits per heavy atom. The van der Waals surface area contributed by atoms with Crippen molar-refractivity contribution in [2.45, 2.75) is 25.5 Å². The molecule has 1 rings (SSSR count). The fourth-order valence-electron chi connectivity index (χ4n) is 1.30. The molecule has 78 valence electrons. The van der Waals surface area contributed by atoms with Crippen LogP contribution in [-0.2, 0) is 6.42 Å². The van der Waals surface area contributed by atoms with Gasteiger partial charge in [0.1, 0.15) is 0 Å². The first-order valence-electron chi connectivity index (χ1n) is 4.82. The van der Waals surface area contributed by atoms with Gasteiger partial charge in [-0.2, -0.15) is 0 Å². The first-order valence-corrected chi connectivity index (χ1v) is 4.82. The summed E-state index contributed by atoms with van der Waals surface area (Å²) in [6.45, 7) is 1.86. The second-order valence-electron chi connectivity index (χ2n) is 3.39. The Kier molecular flexibility index (Phi) is 4.07. The maximum absolute atomic E-state index is 9.67. The van der Waals surface area contributed by atoms with Crippen molar-refractivity contribution in [3.63, 3.8) is 0 Å². The minimum Gasteiger partial charge on any atom is -0.395 e. The quantitative estimate of drug-likeness (QED) is 0.659. The Bertz CT molecular complexity index is 271. The van der Waals surface area contributed by atoms with Crippen molar-refractivity contribution in [1.82, 2.24) is 0 Å². The van der Waals surface area contributed by atoms with Gasteiger partial charge in [0.15, 0.2) is 0 Å². The van der Waals surface area contributed by atoms with Crippen molar-refractivity contribution in [2.75, 3.05) is 6.61 Å². The van der Waals surface area contributed by atoms with E-state index >= 15 is 0 Å². The first kappa shape index (κ1) is 11.2. The van der Waals surface area contributed by atoms with E-state index in [0.717, 1.165) is 12.0 Å². The summed E-state index contributed by atoms with van der Waals surface area (Å²) in [5, 5.41) is 18.4. The van der Waals surface area contributed by atoms with Gasteiger partial charge in [0.25, 0.3) is 0 Å². The zero-order chi connectivity index (χ0) is 10.6. The Labute approximate surface area is 84.2 Å². The molecule has 2 unspecified atom stereocenters. The monoisotopic (exact) mass is 195 g/mol. The van der Waals surface area contributed by atoms with Gasteiger partial charge >= 0.3 is 0 Å². The van der Waals surface area contributed by atoms with E-state index in [4.69, 9.17) is 10.8 Å². The van der Waals surface area contributed by atoms with Gasteiger partial charge in [-0.1, -0.05) is 31.2 Å². The predicted molar refractivity (Wildman–Crippen MR) is 55.8 cm³/mol. The van der Waals surface area contributed by atoms with E-state index in [1.165, 1.54) is 5.56 Å². The van der Waals surface area contributed by atoms with Crippen LogP contribution in [0.2, 0.25) is 0 Å². The minimum atomic E-state index is -0.786. The molecule has 1 aromatic rings. The molecule has 0 aliphatic heterocycles. The van der Waals surface area contributed by atoms with Crippen LogP contribution < -0.4 is 5.73 Å². The third-order valence-corrected chi connectivity index (χ3v) is 2.35. The fraction of sp³-hybridized carbons (Fsp3) is 0.455. The Morgan fingerprint density at radius 3 is 2.29 bits per heavy atom. The minimum absolute atomic E-state index is 0.212. The highest BCUT2D eigenvalue weighted by atomic mass is 16.3. The van der Waals surface area contributed by atoms with Crippen LogP contribution in [0.3, 0.4) is 0 Å². The zero-order valence-corrected chi connectivity index (χ0v) is 8.35. The van der Waals surface area contributed by atoms with E-state index in [0.29, 0.717) is 0 Å². The molecular formula is C11H17NO2. The molecule has 0 bridgehead atoms. The molecule has 3 nitrogen and oxygen atoms in total. The third kappa shape index (κ3) is 2.54. The van der Waals surface area contributed by atoms with Crippen LogP contribution in [0.1, 0.15) is 24.2 Å². The molecule has 0 heterocycles. The van der Waals surface area contributed by atoms with Gasteiger partial charge in [-0.05, 0) is 17.5 Å². The summed E-state index contributed by atoms with van der Waals surface area (Å²) < 4.78 is 0. The molecule has 14 heavy (non-hydrogen) atoms. The maximum Gasteiger partial charge on any atom is 0.0963 e. The standard InChI is InChI=1S/C11H17NO2/c1-2-8-3-5-9(6-4-8)11(14)10(12)7-13/h3-6,10-11,13-14H,2,7,12H2,1H3. The molecule has 0 fully saturated rings. The first-order chi connectivity index (χ1) is 6.69. The highest BCUT2D eigenvalue weighted by Crippen LogP contribution is 2.16. The smallest absolute Gasteiger partial charge is 0.0963 e. The van der Waals surface area contributed by atoms with Crippen LogP contribution >= 0.6 is 0 Å². The lowest BCUT2D eigenvalue weighted by atomic mass is 10.0. The summed E-state index contributed by atoms with van der Waals surface area (Å²) in [5.74, 6) is 0. The molecule has 0 amide bonds. The summed E-state index contributed by atoms with van der Waals surface area (Å²) in [7, 11) is 0. The molecular weight excluding hydrogens is 178 g/mol. The Hall–Kier alpha value is -0.900. The number of nitrogens with two attached hydrogens (primary N) is 1. The van der Waals surface area contributed by atoms with Gasteiger partial charge < -0.3 is 15.9 Å². The molecule has 0 saturated carbocycles. The number of hydrogen-bond acceptors (Lipinski definition) is 3. The number of aliphatic hydroxyl groups is 2. The number of hydrogen-bond donors (Lipinski definition) is 3. The van der Waals surface area contributed by atoms with Gasteiger partial charge in [0.05, 0.1) is 18.8 Å². The van der Waals surface area contributed by atoms with Crippen molar-refractivity contribution in [3.8, 4) is 0 Å². The van der Waals surface area contributed by atoms with Crippen molar-refractivity contribution in [1.29, 1.82) is 0 Å². The molecule has 0 saturated heterocycles. The number of benzene rings is 1. The molecule has 0 spiro atoms. The SMILES string of the molecule is CCc1ccc(C(O)C(N)CO)cc1. The van der Waals surface area contributed by atoms with Crippen LogP contribution in [0.4, 0.5) is 0 Å². The zero-order valence-electron chi connectivity index (χ0n) is 8.35. The summed E-state index contributed by atoms with van der Waals surface area (Å²) >= 11 is 0. The van der Waals surface area contributed by atoms with E-state index in [1.807, 2.05) is 24.3 Å². The van der Waals surface area contributed by atoms with Crippen LogP contribution in [0.25, 0.3) is 0 Å². The van der Waals surface area contributed by atoms with Gasteiger partial charge in [0, 0.05) is 0 Å². The lowest BCUT2D eigenvalue weighted by molar-refractivity contribution is 0.109. The van der Waals surface area contributed by atoms with E-state index in [2.05, 4.69) is 6.92 Å². The van der Waals surface area contributed by atoms with Crippen molar-refractivity contribution >= 4 is 0 Å². The molecule has 1 aromatic carbocycles. The summed E-state index contributed by atoms with van der Waals surface area (Å²) in [6.07, 6.45) is 0.188. The molecule has 2 atom stereocenters. The largest absolute Gasteiger partial charge is 0.395 e. The highest BCUT2D eigenvalue weighted by Gasteiger charge is 2.15. The van der Waals surface area contributed by atoms with E-state index < -0.39 is 12.1 Å². The van der Waals surface area contributed by atoms with Gasteiger partial charge in [-0.25, -0.2) is 0 Å². The normalized spacial score (nSPS) is 15.1. The lowest BCUT2D eigenvalue weighted by Crippen LogP contribution is -2.31. The van der Waals surface area contributed by atoms with Crippen LogP contribution in [-0.4, -0.2) is 22.9 Å². The molecule has 0 aliphatic carbocycles. The molecule has 4 N–H and O–H groups in total. The Morgan fingerprint density at radius 1 is 1.29 bits per heavy atom. The van der Waals surface area contributed by atoms with E-state index in [1.54, 1.807) is 0 Å². The highest BCUT2D eigenvalue weighted by molar-refractivity contribution is 5.24. The molecule has 0 aliphatic rings. The van der Waals surface area contributed by atoms with Crippen molar-refractivity contribution < 1.29 is 10.2 Å². The fourth-order valence-corrected chi connectivity index (χ4v) is 1.30. The van der Waals surface area contributed by atoms with Gasteiger partial charge in [0.2, 0.25) is 0 Å². The van der Waals surface area contributed by atoms with Crippen LogP contribution in [0.15, 0.2) is 24.3 Å². The maximum atomic E-state index is 9.67. The second kappa shape index (κ2) is 5.10. The number of rotatable bonds is 4. The summed E-state index contributed by atoms with van der Waals surface area (Å²) in [5.41, 5.74) is 7.49. The van der Waals surface area contributed by atoms with E-state index in [9.17, 15) is 5.11 Å². The lowest BCUT2D eigenvalue weighted by Gasteiger charge is -2.16.